The van der Waals surface area contributed by atoms with E-state index in [1.807, 2.05) is 36.0 Å². The molecule has 1 heterocycles. The van der Waals surface area contributed by atoms with Crippen LogP contribution in [0.25, 0.3) is 0 Å². The van der Waals surface area contributed by atoms with E-state index in [-0.39, 0.29) is 0 Å². The first kappa shape index (κ1) is 9.87. The highest BCUT2D eigenvalue weighted by Gasteiger charge is 2.21. The Morgan fingerprint density at radius 2 is 2.14 bits per heavy atom. The minimum absolute atomic E-state index is 0.333. The molecule has 2 nitrogen and oxygen atoms in total. The Morgan fingerprint density at radius 1 is 1.43 bits per heavy atom. The van der Waals surface area contributed by atoms with Crippen LogP contribution in [0.4, 0.5) is 0 Å². The van der Waals surface area contributed by atoms with Gasteiger partial charge in [-0.2, -0.15) is 11.8 Å². The monoisotopic (exact) mass is 210 g/mol. The predicted molar refractivity (Wildman–Crippen MR) is 58.8 cm³/mol. The summed E-state index contributed by atoms with van der Waals surface area (Å²) in [4.78, 5) is 0. The first-order chi connectivity index (χ1) is 6.77. The van der Waals surface area contributed by atoms with Crippen molar-refractivity contribution in [1.29, 1.82) is 0 Å². The number of thioether (sulfide) groups is 1. The quantitative estimate of drug-likeness (QED) is 0.829. The van der Waals surface area contributed by atoms with Gasteiger partial charge < -0.3 is 9.84 Å². The zero-order valence-corrected chi connectivity index (χ0v) is 8.96. The summed E-state index contributed by atoms with van der Waals surface area (Å²) < 4.78 is 5.76. The smallest absolute Gasteiger partial charge is 0.125 e. The Hall–Kier alpha value is -0.670. The van der Waals surface area contributed by atoms with Crippen molar-refractivity contribution < 1.29 is 9.84 Å². The van der Waals surface area contributed by atoms with Crippen molar-refractivity contribution in [3.63, 3.8) is 0 Å². The van der Waals surface area contributed by atoms with E-state index in [2.05, 4.69) is 0 Å². The lowest BCUT2D eigenvalue weighted by molar-refractivity contribution is 0.182. The van der Waals surface area contributed by atoms with E-state index >= 15 is 0 Å². The van der Waals surface area contributed by atoms with Gasteiger partial charge in [0, 0.05) is 17.1 Å². The number of benzene rings is 1. The van der Waals surface area contributed by atoms with Crippen LogP contribution >= 0.6 is 11.8 Å². The lowest BCUT2D eigenvalue weighted by atomic mass is 10.1. The van der Waals surface area contributed by atoms with Crippen LogP contribution in [-0.4, -0.2) is 22.7 Å². The predicted octanol–water partition coefficient (Wildman–Crippen LogP) is 2.23. The van der Waals surface area contributed by atoms with Crippen LogP contribution < -0.4 is 4.74 Å². The number of hydrogen-bond donors (Lipinski definition) is 1. The molecule has 0 saturated carbocycles. The van der Waals surface area contributed by atoms with E-state index in [1.165, 1.54) is 0 Å². The minimum Gasteiger partial charge on any atom is -0.488 e. The molecule has 76 valence electrons. The van der Waals surface area contributed by atoms with Gasteiger partial charge >= 0.3 is 0 Å². The van der Waals surface area contributed by atoms with Gasteiger partial charge in [-0.15, -0.1) is 0 Å². The normalized spacial score (nSPS) is 18.7. The van der Waals surface area contributed by atoms with Gasteiger partial charge in [-0.25, -0.2) is 0 Å². The van der Waals surface area contributed by atoms with Gasteiger partial charge in [0.1, 0.15) is 11.9 Å². The van der Waals surface area contributed by atoms with Crippen LogP contribution in [-0.2, 0) is 0 Å². The first-order valence-electron chi connectivity index (χ1n) is 4.79. The maximum Gasteiger partial charge on any atom is 0.125 e. The highest BCUT2D eigenvalue weighted by atomic mass is 32.2. The van der Waals surface area contributed by atoms with E-state index in [1.54, 1.807) is 6.92 Å². The largest absolute Gasteiger partial charge is 0.488 e. The second kappa shape index (κ2) is 4.24. The standard InChI is InChI=1S/C11H14O2S/c1-8(12)10-4-2-3-5-11(10)13-9-6-14-7-9/h2-5,8-9,12H,6-7H2,1H3. The van der Waals surface area contributed by atoms with Gasteiger partial charge in [-0.1, -0.05) is 18.2 Å². The SMILES string of the molecule is CC(O)c1ccccc1OC1CSC1. The van der Waals surface area contributed by atoms with Gasteiger partial charge in [0.25, 0.3) is 0 Å². The lowest BCUT2D eigenvalue weighted by Crippen LogP contribution is -2.31. The van der Waals surface area contributed by atoms with E-state index in [0.717, 1.165) is 22.8 Å². The van der Waals surface area contributed by atoms with E-state index < -0.39 is 6.10 Å². The molecular weight excluding hydrogens is 196 g/mol. The maximum atomic E-state index is 9.52. The highest BCUT2D eigenvalue weighted by molar-refractivity contribution is 8.00. The Morgan fingerprint density at radius 3 is 2.71 bits per heavy atom. The number of aliphatic hydroxyl groups is 1. The molecule has 1 atom stereocenters. The van der Waals surface area contributed by atoms with Crippen LogP contribution in [0.3, 0.4) is 0 Å². The molecule has 0 amide bonds. The third-order valence-electron chi connectivity index (χ3n) is 2.27. The summed E-state index contributed by atoms with van der Waals surface area (Å²) in [6.07, 6.45) is -0.126. The van der Waals surface area contributed by atoms with E-state index in [0.29, 0.717) is 6.10 Å². The molecule has 14 heavy (non-hydrogen) atoms. The molecule has 0 spiro atoms. The van der Waals surface area contributed by atoms with Crippen LogP contribution in [0.15, 0.2) is 24.3 Å². The third-order valence-corrected chi connectivity index (χ3v) is 3.49. The van der Waals surface area contributed by atoms with Gasteiger partial charge in [0.15, 0.2) is 0 Å². The van der Waals surface area contributed by atoms with Gasteiger partial charge in [-0.3, -0.25) is 0 Å². The molecule has 1 saturated heterocycles. The Kier molecular flexibility index (Phi) is 2.99. The lowest BCUT2D eigenvalue weighted by Gasteiger charge is -2.27. The van der Waals surface area contributed by atoms with Crippen molar-refractivity contribution in [2.45, 2.75) is 19.1 Å². The summed E-state index contributed by atoms with van der Waals surface area (Å²) in [5.74, 6) is 2.95. The van der Waals surface area contributed by atoms with Crippen LogP contribution in [0.2, 0.25) is 0 Å². The summed E-state index contributed by atoms with van der Waals surface area (Å²) >= 11 is 1.89. The molecule has 0 aliphatic carbocycles. The van der Waals surface area contributed by atoms with Crippen molar-refractivity contribution in [1.82, 2.24) is 0 Å². The maximum absolute atomic E-state index is 9.52. The summed E-state index contributed by atoms with van der Waals surface area (Å²) in [7, 11) is 0. The van der Waals surface area contributed by atoms with E-state index in [4.69, 9.17) is 4.74 Å². The molecule has 0 aromatic heterocycles. The number of ether oxygens (including phenoxy) is 1. The van der Waals surface area contributed by atoms with Gasteiger partial charge in [0.05, 0.1) is 6.10 Å². The summed E-state index contributed by atoms with van der Waals surface area (Å²) in [6, 6.07) is 7.69. The molecule has 1 aromatic rings. The van der Waals surface area contributed by atoms with Crippen molar-refractivity contribution in [2.24, 2.45) is 0 Å². The molecule has 2 rings (SSSR count). The molecule has 1 aliphatic heterocycles. The highest BCUT2D eigenvalue weighted by Crippen LogP contribution is 2.29. The molecule has 1 N–H and O–H groups in total. The van der Waals surface area contributed by atoms with Crippen molar-refractivity contribution >= 4 is 11.8 Å². The fourth-order valence-electron chi connectivity index (χ4n) is 1.39. The average molecular weight is 210 g/mol. The molecule has 0 bridgehead atoms. The number of rotatable bonds is 3. The molecule has 1 aromatic carbocycles. The van der Waals surface area contributed by atoms with Crippen LogP contribution in [0.5, 0.6) is 5.75 Å². The second-order valence-electron chi connectivity index (χ2n) is 3.49. The van der Waals surface area contributed by atoms with Crippen molar-refractivity contribution in [2.75, 3.05) is 11.5 Å². The molecular formula is C11H14O2S. The van der Waals surface area contributed by atoms with Crippen molar-refractivity contribution in [3.8, 4) is 5.75 Å². The molecule has 1 aliphatic rings. The first-order valence-corrected chi connectivity index (χ1v) is 5.94. The fourth-order valence-corrected chi connectivity index (χ4v) is 1.96. The Labute approximate surface area is 88.3 Å². The Bertz CT molecular complexity index is 308. The third kappa shape index (κ3) is 2.04. The minimum atomic E-state index is -0.459. The zero-order valence-electron chi connectivity index (χ0n) is 8.14. The number of para-hydroxylation sites is 1. The van der Waals surface area contributed by atoms with Gasteiger partial charge in [0.2, 0.25) is 0 Å². The average Bonchev–Trinajstić information content (AvgIpc) is 2.12. The molecule has 0 radical (unpaired) electrons. The molecule has 1 unspecified atom stereocenters. The molecule has 3 heteroatoms. The van der Waals surface area contributed by atoms with Crippen LogP contribution in [0.1, 0.15) is 18.6 Å². The molecule has 1 fully saturated rings. The fraction of sp³-hybridized carbons (Fsp3) is 0.455. The second-order valence-corrected chi connectivity index (χ2v) is 4.57. The Balaban J connectivity index is 2.13. The summed E-state index contributed by atoms with van der Waals surface area (Å²) in [5.41, 5.74) is 0.879. The van der Waals surface area contributed by atoms with E-state index in [9.17, 15) is 5.11 Å². The summed E-state index contributed by atoms with van der Waals surface area (Å²) in [5, 5.41) is 9.52. The van der Waals surface area contributed by atoms with Crippen molar-refractivity contribution in [3.05, 3.63) is 29.8 Å². The van der Waals surface area contributed by atoms with Crippen LogP contribution in [0, 0.1) is 0 Å². The van der Waals surface area contributed by atoms with Gasteiger partial charge in [-0.05, 0) is 13.0 Å². The number of aliphatic hydroxyl groups excluding tert-OH is 1. The zero-order chi connectivity index (χ0) is 9.97. The summed E-state index contributed by atoms with van der Waals surface area (Å²) in [6.45, 7) is 1.76. The topological polar surface area (TPSA) is 29.5 Å². The number of hydrogen-bond acceptors (Lipinski definition) is 3.